The maximum atomic E-state index is 13.2. The Balaban J connectivity index is 0.00000261. The van der Waals surface area contributed by atoms with Crippen LogP contribution in [0.3, 0.4) is 0 Å². The van der Waals surface area contributed by atoms with Crippen LogP contribution in [0.1, 0.15) is 17.0 Å². The van der Waals surface area contributed by atoms with E-state index in [4.69, 9.17) is 5.73 Å². The van der Waals surface area contributed by atoms with Crippen molar-refractivity contribution in [3.8, 4) is 0 Å². The van der Waals surface area contributed by atoms with E-state index >= 15 is 0 Å². The smallest absolute Gasteiger partial charge is 0.243 e. The fourth-order valence-electron chi connectivity index (χ4n) is 3.73. The number of sulfonamides is 1. The average Bonchev–Trinajstić information content (AvgIpc) is 3.07. The Labute approximate surface area is 168 Å². The topological polar surface area (TPSA) is 66.6 Å². The fraction of sp³-hybridized carbons (Fsp3) is 0.400. The predicted octanol–water partition coefficient (Wildman–Crippen LogP) is 2.85. The monoisotopic (exact) mass is 409 g/mol. The second-order valence-corrected chi connectivity index (χ2v) is 9.12. The Morgan fingerprint density at radius 3 is 2.37 bits per heavy atom. The number of halogens is 1. The van der Waals surface area contributed by atoms with Crippen LogP contribution in [0.15, 0.2) is 53.4 Å². The minimum atomic E-state index is -3.54. The van der Waals surface area contributed by atoms with Crippen LogP contribution in [0.4, 0.5) is 5.69 Å². The van der Waals surface area contributed by atoms with E-state index in [1.165, 1.54) is 0 Å². The average molecular weight is 410 g/mol. The lowest BCUT2D eigenvalue weighted by molar-refractivity contribution is 0.459. The molecule has 1 fully saturated rings. The molecule has 2 aromatic rings. The summed E-state index contributed by atoms with van der Waals surface area (Å²) in [6.07, 6.45) is 0. The van der Waals surface area contributed by atoms with Crippen molar-refractivity contribution in [3.63, 3.8) is 0 Å². The number of aryl methyl sites for hydroxylation is 1. The molecule has 0 aliphatic carbocycles. The van der Waals surface area contributed by atoms with E-state index in [0.29, 0.717) is 24.5 Å². The summed E-state index contributed by atoms with van der Waals surface area (Å²) >= 11 is 0. The maximum Gasteiger partial charge on any atom is 0.243 e. The molecule has 7 heteroatoms. The molecule has 2 aromatic carbocycles. The van der Waals surface area contributed by atoms with E-state index in [1.54, 1.807) is 16.4 Å². The van der Waals surface area contributed by atoms with Gasteiger partial charge in [-0.05, 0) is 42.6 Å². The molecule has 2 N–H and O–H groups in total. The van der Waals surface area contributed by atoms with E-state index in [0.717, 1.165) is 16.8 Å². The third kappa shape index (κ3) is 4.29. The standard InChI is InChI=1S/C20H27N3O2S.ClH/c1-15-9-10-18(11-20(15)22(2)3)26(24,25)23-13-17(12-21)19(14-23)16-7-5-4-6-8-16;/h4-11,17,19H,12-14,21H2,1-3H3;1H/t17-,19+;/m1./s1. The molecular formula is C20H28ClN3O2S. The van der Waals surface area contributed by atoms with Crippen LogP contribution in [0.2, 0.25) is 0 Å². The van der Waals surface area contributed by atoms with Crippen molar-refractivity contribution < 1.29 is 8.42 Å². The van der Waals surface area contributed by atoms with Crippen molar-refractivity contribution in [3.05, 3.63) is 59.7 Å². The molecule has 0 aromatic heterocycles. The van der Waals surface area contributed by atoms with Crippen LogP contribution >= 0.6 is 12.4 Å². The molecule has 27 heavy (non-hydrogen) atoms. The quantitative estimate of drug-likeness (QED) is 0.824. The van der Waals surface area contributed by atoms with Crippen LogP contribution in [0.5, 0.6) is 0 Å². The van der Waals surface area contributed by atoms with Crippen molar-refractivity contribution in [2.24, 2.45) is 11.7 Å². The van der Waals surface area contributed by atoms with Gasteiger partial charge in [0.05, 0.1) is 4.90 Å². The van der Waals surface area contributed by atoms with Gasteiger partial charge in [-0.1, -0.05) is 36.4 Å². The van der Waals surface area contributed by atoms with E-state index in [-0.39, 0.29) is 24.2 Å². The van der Waals surface area contributed by atoms with Gasteiger partial charge in [0, 0.05) is 38.8 Å². The summed E-state index contributed by atoms with van der Waals surface area (Å²) in [7, 11) is 0.298. The van der Waals surface area contributed by atoms with Crippen LogP contribution in [-0.4, -0.2) is 46.5 Å². The van der Waals surface area contributed by atoms with Crippen LogP contribution in [-0.2, 0) is 10.0 Å². The number of nitrogens with two attached hydrogens (primary N) is 1. The molecule has 0 saturated carbocycles. The number of hydrogen-bond donors (Lipinski definition) is 1. The van der Waals surface area contributed by atoms with Crippen molar-refractivity contribution in [1.29, 1.82) is 0 Å². The summed E-state index contributed by atoms with van der Waals surface area (Å²) in [5.74, 6) is 0.265. The number of benzene rings is 2. The van der Waals surface area contributed by atoms with Gasteiger partial charge in [0.25, 0.3) is 0 Å². The molecule has 0 unspecified atom stereocenters. The Bertz CT molecular complexity index is 872. The van der Waals surface area contributed by atoms with Gasteiger partial charge >= 0.3 is 0 Å². The highest BCUT2D eigenvalue weighted by Crippen LogP contribution is 2.35. The summed E-state index contributed by atoms with van der Waals surface area (Å²) in [6.45, 7) is 3.39. The maximum absolute atomic E-state index is 13.2. The lowest BCUT2D eigenvalue weighted by atomic mass is 9.89. The number of nitrogens with zero attached hydrogens (tertiary/aromatic N) is 2. The minimum Gasteiger partial charge on any atom is -0.377 e. The lowest BCUT2D eigenvalue weighted by Crippen LogP contribution is -2.30. The zero-order chi connectivity index (χ0) is 18.9. The minimum absolute atomic E-state index is 0. The summed E-state index contributed by atoms with van der Waals surface area (Å²) in [5.41, 5.74) is 9.08. The molecule has 0 bridgehead atoms. The molecule has 0 spiro atoms. The highest BCUT2D eigenvalue weighted by atomic mass is 35.5. The molecule has 3 rings (SSSR count). The van der Waals surface area contributed by atoms with Crippen LogP contribution in [0, 0.1) is 12.8 Å². The summed E-state index contributed by atoms with van der Waals surface area (Å²) in [5, 5.41) is 0. The molecule has 1 aliphatic rings. The number of hydrogen-bond acceptors (Lipinski definition) is 4. The Morgan fingerprint density at radius 1 is 1.11 bits per heavy atom. The molecule has 1 aliphatic heterocycles. The zero-order valence-corrected chi connectivity index (χ0v) is 17.6. The Morgan fingerprint density at radius 2 is 1.78 bits per heavy atom. The van der Waals surface area contributed by atoms with Gasteiger partial charge in [-0.3, -0.25) is 0 Å². The SMILES string of the molecule is Cc1ccc(S(=O)(=O)N2C[C@@H](CN)[C@H](c3ccccc3)C2)cc1N(C)C.Cl. The van der Waals surface area contributed by atoms with Gasteiger partial charge in [-0.25, -0.2) is 8.42 Å². The molecule has 1 heterocycles. The molecule has 1 saturated heterocycles. The third-order valence-electron chi connectivity index (χ3n) is 5.24. The van der Waals surface area contributed by atoms with E-state index in [9.17, 15) is 8.42 Å². The molecule has 2 atom stereocenters. The van der Waals surface area contributed by atoms with Crippen molar-refractivity contribution >= 4 is 28.1 Å². The fourth-order valence-corrected chi connectivity index (χ4v) is 5.27. The summed E-state index contributed by atoms with van der Waals surface area (Å²) < 4.78 is 28.0. The molecule has 5 nitrogen and oxygen atoms in total. The van der Waals surface area contributed by atoms with Crippen LogP contribution < -0.4 is 10.6 Å². The van der Waals surface area contributed by atoms with Gasteiger partial charge in [-0.2, -0.15) is 4.31 Å². The van der Waals surface area contributed by atoms with E-state index < -0.39 is 10.0 Å². The highest BCUT2D eigenvalue weighted by molar-refractivity contribution is 7.89. The van der Waals surface area contributed by atoms with Gasteiger partial charge in [0.1, 0.15) is 0 Å². The normalized spacial score (nSPS) is 20.3. The Hall–Kier alpha value is -1.60. The molecule has 148 valence electrons. The zero-order valence-electron chi connectivity index (χ0n) is 16.0. The first-order valence-electron chi connectivity index (χ1n) is 8.87. The van der Waals surface area contributed by atoms with Gasteiger partial charge in [-0.15, -0.1) is 12.4 Å². The molecule has 0 radical (unpaired) electrons. The first-order chi connectivity index (χ1) is 12.3. The largest absolute Gasteiger partial charge is 0.377 e. The number of rotatable bonds is 5. The Kier molecular flexibility index (Phi) is 6.92. The predicted molar refractivity (Wildman–Crippen MR) is 113 cm³/mol. The van der Waals surface area contributed by atoms with E-state index in [2.05, 4.69) is 12.1 Å². The van der Waals surface area contributed by atoms with Gasteiger partial charge < -0.3 is 10.6 Å². The van der Waals surface area contributed by atoms with Crippen molar-refractivity contribution in [2.75, 3.05) is 38.6 Å². The molecule has 0 amide bonds. The second-order valence-electron chi connectivity index (χ2n) is 7.18. The first kappa shape index (κ1) is 21.7. The summed E-state index contributed by atoms with van der Waals surface area (Å²) in [6, 6.07) is 15.4. The van der Waals surface area contributed by atoms with Gasteiger partial charge in [0.15, 0.2) is 0 Å². The van der Waals surface area contributed by atoms with Crippen LogP contribution in [0.25, 0.3) is 0 Å². The highest BCUT2D eigenvalue weighted by Gasteiger charge is 2.39. The van der Waals surface area contributed by atoms with E-state index in [1.807, 2.05) is 50.2 Å². The summed E-state index contributed by atoms with van der Waals surface area (Å²) in [4.78, 5) is 2.28. The number of anilines is 1. The first-order valence-corrected chi connectivity index (χ1v) is 10.3. The lowest BCUT2D eigenvalue weighted by Gasteiger charge is -2.20. The second kappa shape index (κ2) is 8.61. The molecular weight excluding hydrogens is 382 g/mol. The van der Waals surface area contributed by atoms with Crippen molar-refractivity contribution in [1.82, 2.24) is 4.31 Å². The van der Waals surface area contributed by atoms with Gasteiger partial charge in [0.2, 0.25) is 10.0 Å². The third-order valence-corrected chi connectivity index (χ3v) is 7.07. The van der Waals surface area contributed by atoms with Crippen molar-refractivity contribution in [2.45, 2.75) is 17.7 Å².